The van der Waals surface area contributed by atoms with E-state index in [9.17, 15) is 4.79 Å². The first kappa shape index (κ1) is 16.5. The van der Waals surface area contributed by atoms with Crippen LogP contribution in [0.5, 0.6) is 0 Å². The van der Waals surface area contributed by atoms with Crippen LogP contribution in [-0.2, 0) is 0 Å². The lowest BCUT2D eigenvalue weighted by molar-refractivity contribution is 0.0998. The number of rotatable bonds is 5. The standard InChI is InChI=1S/C17H28N2OS/c1-5-14(12-6-8-13(9-7-12)19(3)4)16-15(17(18)20)11(2)10-21-16/h10,12-14H,5-9H2,1-4H3,(H2,18,20). The molecule has 2 rings (SSSR count). The molecule has 1 aromatic rings. The summed E-state index contributed by atoms with van der Waals surface area (Å²) in [5.41, 5.74) is 7.44. The molecule has 1 amide bonds. The first-order chi connectivity index (χ1) is 9.95. The molecule has 1 unspecified atom stereocenters. The van der Waals surface area contributed by atoms with Gasteiger partial charge < -0.3 is 10.6 Å². The second-order valence-electron chi connectivity index (χ2n) is 6.57. The molecule has 0 spiro atoms. The molecule has 1 atom stereocenters. The number of amides is 1. The van der Waals surface area contributed by atoms with Gasteiger partial charge in [-0.2, -0.15) is 0 Å². The Morgan fingerprint density at radius 2 is 2.00 bits per heavy atom. The Balaban J connectivity index is 2.16. The Kier molecular flexibility index (Phi) is 5.44. The number of carbonyl (C=O) groups is 1. The third-order valence-electron chi connectivity index (χ3n) is 5.07. The molecule has 118 valence electrons. The summed E-state index contributed by atoms with van der Waals surface area (Å²) in [7, 11) is 4.35. The number of hydrogen-bond acceptors (Lipinski definition) is 3. The summed E-state index contributed by atoms with van der Waals surface area (Å²) >= 11 is 1.73. The van der Waals surface area contributed by atoms with Crippen LogP contribution in [0.4, 0.5) is 0 Å². The quantitative estimate of drug-likeness (QED) is 0.900. The van der Waals surface area contributed by atoms with Crippen molar-refractivity contribution in [3.05, 3.63) is 21.4 Å². The number of aryl methyl sites for hydroxylation is 1. The van der Waals surface area contributed by atoms with Crippen molar-refractivity contribution >= 4 is 17.2 Å². The molecule has 1 aromatic heterocycles. The number of hydrogen-bond donors (Lipinski definition) is 1. The fraction of sp³-hybridized carbons (Fsp3) is 0.706. The van der Waals surface area contributed by atoms with Crippen molar-refractivity contribution in [1.29, 1.82) is 0 Å². The topological polar surface area (TPSA) is 46.3 Å². The van der Waals surface area contributed by atoms with Crippen LogP contribution in [0.1, 0.15) is 65.7 Å². The van der Waals surface area contributed by atoms with E-state index in [1.807, 2.05) is 6.92 Å². The van der Waals surface area contributed by atoms with Crippen LogP contribution in [0.2, 0.25) is 0 Å². The highest BCUT2D eigenvalue weighted by Crippen LogP contribution is 2.42. The van der Waals surface area contributed by atoms with Crippen molar-refractivity contribution in [3.8, 4) is 0 Å². The Morgan fingerprint density at radius 3 is 2.48 bits per heavy atom. The van der Waals surface area contributed by atoms with Gasteiger partial charge >= 0.3 is 0 Å². The van der Waals surface area contributed by atoms with Gasteiger partial charge in [0.1, 0.15) is 0 Å². The Bertz CT molecular complexity index is 487. The second-order valence-corrected chi connectivity index (χ2v) is 7.48. The highest BCUT2D eigenvalue weighted by molar-refractivity contribution is 7.10. The van der Waals surface area contributed by atoms with Crippen LogP contribution >= 0.6 is 11.3 Å². The molecule has 0 aromatic carbocycles. The van der Waals surface area contributed by atoms with E-state index in [1.165, 1.54) is 30.6 Å². The van der Waals surface area contributed by atoms with E-state index in [0.717, 1.165) is 23.6 Å². The normalized spacial score (nSPS) is 24.2. The van der Waals surface area contributed by atoms with Gasteiger partial charge in [-0.05, 0) is 75.9 Å². The van der Waals surface area contributed by atoms with Crippen LogP contribution < -0.4 is 5.73 Å². The van der Waals surface area contributed by atoms with E-state index >= 15 is 0 Å². The van der Waals surface area contributed by atoms with Gasteiger partial charge in [0.2, 0.25) is 5.91 Å². The Labute approximate surface area is 132 Å². The highest BCUT2D eigenvalue weighted by atomic mass is 32.1. The molecule has 1 fully saturated rings. The SMILES string of the molecule is CCC(c1scc(C)c1C(N)=O)C1CCC(N(C)C)CC1. The lowest BCUT2D eigenvalue weighted by atomic mass is 9.75. The highest BCUT2D eigenvalue weighted by Gasteiger charge is 2.31. The molecule has 1 heterocycles. The maximum Gasteiger partial charge on any atom is 0.250 e. The van der Waals surface area contributed by atoms with Crippen molar-refractivity contribution in [2.45, 2.75) is 57.9 Å². The summed E-state index contributed by atoms with van der Waals surface area (Å²) in [6, 6.07) is 0.722. The molecule has 21 heavy (non-hydrogen) atoms. The summed E-state index contributed by atoms with van der Waals surface area (Å²) in [6.07, 6.45) is 6.15. The number of primary amides is 1. The fourth-order valence-electron chi connectivity index (χ4n) is 3.81. The molecule has 4 heteroatoms. The van der Waals surface area contributed by atoms with Gasteiger partial charge in [0.05, 0.1) is 5.56 Å². The van der Waals surface area contributed by atoms with Gasteiger partial charge in [-0.1, -0.05) is 6.92 Å². The van der Waals surface area contributed by atoms with Gasteiger partial charge in [-0.3, -0.25) is 4.79 Å². The smallest absolute Gasteiger partial charge is 0.250 e. The fourth-order valence-corrected chi connectivity index (χ4v) is 5.14. The van der Waals surface area contributed by atoms with Crippen molar-refractivity contribution < 1.29 is 4.79 Å². The molecule has 3 nitrogen and oxygen atoms in total. The van der Waals surface area contributed by atoms with Gasteiger partial charge in [0.15, 0.2) is 0 Å². The molecular formula is C17H28N2OS. The van der Waals surface area contributed by atoms with Crippen LogP contribution in [-0.4, -0.2) is 30.9 Å². The van der Waals surface area contributed by atoms with Crippen molar-refractivity contribution in [2.75, 3.05) is 14.1 Å². The minimum atomic E-state index is -0.260. The van der Waals surface area contributed by atoms with E-state index in [0.29, 0.717) is 11.8 Å². The summed E-state index contributed by atoms with van der Waals surface area (Å²) < 4.78 is 0. The lowest BCUT2D eigenvalue weighted by Gasteiger charge is -2.36. The summed E-state index contributed by atoms with van der Waals surface area (Å²) in [4.78, 5) is 15.4. The van der Waals surface area contributed by atoms with Crippen LogP contribution in [0.3, 0.4) is 0 Å². The van der Waals surface area contributed by atoms with Crippen molar-refractivity contribution in [2.24, 2.45) is 11.7 Å². The van der Waals surface area contributed by atoms with Crippen LogP contribution in [0.15, 0.2) is 5.38 Å². The van der Waals surface area contributed by atoms with E-state index < -0.39 is 0 Å². The van der Waals surface area contributed by atoms with E-state index in [2.05, 4.69) is 31.3 Å². The zero-order chi connectivity index (χ0) is 15.6. The average molecular weight is 308 g/mol. The van der Waals surface area contributed by atoms with Crippen LogP contribution in [0, 0.1) is 12.8 Å². The summed E-state index contributed by atoms with van der Waals surface area (Å²) in [5, 5.41) is 2.09. The number of nitrogens with zero attached hydrogens (tertiary/aromatic N) is 1. The zero-order valence-electron chi connectivity index (χ0n) is 13.7. The zero-order valence-corrected chi connectivity index (χ0v) is 14.5. The third kappa shape index (κ3) is 3.49. The lowest BCUT2D eigenvalue weighted by Crippen LogP contribution is -2.33. The molecule has 1 aliphatic carbocycles. The van der Waals surface area contributed by atoms with Gasteiger partial charge in [-0.25, -0.2) is 0 Å². The Hall–Kier alpha value is -0.870. The van der Waals surface area contributed by atoms with Gasteiger partial charge in [-0.15, -0.1) is 11.3 Å². The molecule has 1 saturated carbocycles. The Morgan fingerprint density at radius 1 is 1.38 bits per heavy atom. The molecule has 1 aliphatic rings. The first-order valence-corrected chi connectivity index (χ1v) is 8.87. The van der Waals surface area contributed by atoms with Crippen molar-refractivity contribution in [1.82, 2.24) is 4.90 Å². The maximum absolute atomic E-state index is 11.8. The number of nitrogens with two attached hydrogens (primary N) is 1. The van der Waals surface area contributed by atoms with E-state index in [-0.39, 0.29) is 5.91 Å². The van der Waals surface area contributed by atoms with Crippen LogP contribution in [0.25, 0.3) is 0 Å². The average Bonchev–Trinajstić information content (AvgIpc) is 2.82. The molecule has 0 bridgehead atoms. The maximum atomic E-state index is 11.8. The summed E-state index contributed by atoms with van der Waals surface area (Å²) in [5.74, 6) is 0.931. The minimum absolute atomic E-state index is 0.260. The molecule has 0 aliphatic heterocycles. The summed E-state index contributed by atoms with van der Waals surface area (Å²) in [6.45, 7) is 4.23. The van der Waals surface area contributed by atoms with Gasteiger partial charge in [0, 0.05) is 10.9 Å². The van der Waals surface area contributed by atoms with Gasteiger partial charge in [0.25, 0.3) is 0 Å². The molecule has 0 radical (unpaired) electrons. The van der Waals surface area contributed by atoms with E-state index in [1.54, 1.807) is 11.3 Å². The number of thiophene rings is 1. The molecular weight excluding hydrogens is 280 g/mol. The largest absolute Gasteiger partial charge is 0.366 e. The second kappa shape index (κ2) is 6.93. The number of carbonyl (C=O) groups excluding carboxylic acids is 1. The predicted molar refractivity (Wildman–Crippen MR) is 90.0 cm³/mol. The third-order valence-corrected chi connectivity index (χ3v) is 6.30. The monoisotopic (exact) mass is 308 g/mol. The predicted octanol–water partition coefficient (Wildman–Crippen LogP) is 3.77. The first-order valence-electron chi connectivity index (χ1n) is 7.99. The molecule has 0 saturated heterocycles. The molecule has 2 N–H and O–H groups in total. The minimum Gasteiger partial charge on any atom is -0.366 e. The van der Waals surface area contributed by atoms with E-state index in [4.69, 9.17) is 5.73 Å². The van der Waals surface area contributed by atoms with Crippen molar-refractivity contribution in [3.63, 3.8) is 0 Å².